The summed E-state index contributed by atoms with van der Waals surface area (Å²) >= 11 is 0. The molecule has 1 atom stereocenters. The van der Waals surface area contributed by atoms with Gasteiger partial charge in [0.15, 0.2) is 0 Å². The van der Waals surface area contributed by atoms with Crippen molar-refractivity contribution in [3.05, 3.63) is 29.3 Å². The summed E-state index contributed by atoms with van der Waals surface area (Å²) in [6.07, 6.45) is 2.78. The molecule has 1 saturated carbocycles. The minimum Gasteiger partial charge on any atom is -0.507 e. The molecule has 0 bridgehead atoms. The molecule has 1 amide bonds. The van der Waals surface area contributed by atoms with Crippen molar-refractivity contribution in [2.45, 2.75) is 32.2 Å². The third-order valence-corrected chi connectivity index (χ3v) is 3.35. The Bertz CT molecular complexity index is 441. The van der Waals surface area contributed by atoms with E-state index in [0.29, 0.717) is 17.9 Å². The maximum absolute atomic E-state index is 12.0. The van der Waals surface area contributed by atoms with Crippen LogP contribution in [0.1, 0.15) is 35.2 Å². The van der Waals surface area contributed by atoms with E-state index in [1.165, 1.54) is 0 Å². The summed E-state index contributed by atoms with van der Waals surface area (Å²) in [5, 5.41) is 21.6. The minimum atomic E-state index is -0.266. The van der Waals surface area contributed by atoms with Gasteiger partial charge in [-0.2, -0.15) is 0 Å². The van der Waals surface area contributed by atoms with Crippen molar-refractivity contribution in [3.63, 3.8) is 0 Å². The zero-order valence-electron chi connectivity index (χ0n) is 10.5. The lowest BCUT2D eigenvalue weighted by Crippen LogP contribution is -2.37. The fourth-order valence-electron chi connectivity index (χ4n) is 2.14. The molecule has 98 valence electrons. The third kappa shape index (κ3) is 3.01. The van der Waals surface area contributed by atoms with Gasteiger partial charge >= 0.3 is 0 Å². The van der Waals surface area contributed by atoms with Gasteiger partial charge in [-0.15, -0.1) is 0 Å². The van der Waals surface area contributed by atoms with E-state index in [1.54, 1.807) is 18.2 Å². The molecule has 1 unspecified atom stereocenters. The van der Waals surface area contributed by atoms with Gasteiger partial charge in [0.2, 0.25) is 0 Å². The smallest absolute Gasteiger partial charge is 0.255 e. The Morgan fingerprint density at radius 1 is 1.50 bits per heavy atom. The second-order valence-electron chi connectivity index (χ2n) is 4.95. The van der Waals surface area contributed by atoms with Crippen molar-refractivity contribution in [2.75, 3.05) is 6.61 Å². The number of hydrogen-bond donors (Lipinski definition) is 3. The Balaban J connectivity index is 2.05. The predicted molar refractivity (Wildman–Crippen MR) is 68.5 cm³/mol. The van der Waals surface area contributed by atoms with Crippen molar-refractivity contribution in [2.24, 2.45) is 5.92 Å². The number of aromatic hydroxyl groups is 1. The number of benzene rings is 1. The van der Waals surface area contributed by atoms with Gasteiger partial charge in [-0.1, -0.05) is 6.07 Å². The van der Waals surface area contributed by atoms with E-state index in [1.807, 2.05) is 6.92 Å². The number of carbonyl (C=O) groups is 1. The highest BCUT2D eigenvalue weighted by Gasteiger charge is 2.32. The monoisotopic (exact) mass is 249 g/mol. The molecular weight excluding hydrogens is 230 g/mol. The summed E-state index contributed by atoms with van der Waals surface area (Å²) < 4.78 is 0. The van der Waals surface area contributed by atoms with Crippen molar-refractivity contribution < 1.29 is 15.0 Å². The molecule has 1 aliphatic carbocycles. The first kappa shape index (κ1) is 12.9. The number of aliphatic hydroxyl groups excluding tert-OH is 1. The summed E-state index contributed by atoms with van der Waals surface area (Å²) in [4.78, 5) is 12.0. The molecular formula is C14H19NO3. The summed E-state index contributed by atoms with van der Waals surface area (Å²) in [6, 6.07) is 5.02. The van der Waals surface area contributed by atoms with Crippen LogP contribution in [0, 0.1) is 12.8 Å². The molecule has 2 rings (SSSR count). The second kappa shape index (κ2) is 5.40. The quantitative estimate of drug-likeness (QED) is 0.742. The van der Waals surface area contributed by atoms with Gasteiger partial charge in [-0.3, -0.25) is 4.79 Å². The number of carbonyl (C=O) groups excluding carboxylic acids is 1. The first-order chi connectivity index (χ1) is 8.61. The van der Waals surface area contributed by atoms with Gasteiger partial charge < -0.3 is 15.5 Å². The number of phenols is 1. The number of aliphatic hydroxyl groups is 1. The topological polar surface area (TPSA) is 69.6 Å². The van der Waals surface area contributed by atoms with Crippen LogP contribution in [0.25, 0.3) is 0 Å². The van der Waals surface area contributed by atoms with Crippen LogP contribution in [-0.4, -0.2) is 28.8 Å². The molecule has 4 nitrogen and oxygen atoms in total. The molecule has 4 heteroatoms. The van der Waals surface area contributed by atoms with Crippen LogP contribution in [0.3, 0.4) is 0 Å². The molecule has 0 saturated heterocycles. The molecule has 0 radical (unpaired) electrons. The van der Waals surface area contributed by atoms with E-state index in [0.717, 1.165) is 18.4 Å². The maximum Gasteiger partial charge on any atom is 0.255 e. The number of rotatable bonds is 5. The molecule has 0 spiro atoms. The number of amides is 1. The number of aryl methyl sites for hydroxylation is 1. The zero-order chi connectivity index (χ0) is 13.1. The number of phenolic OH excluding ortho intramolecular Hbond substituents is 1. The Morgan fingerprint density at radius 2 is 2.22 bits per heavy atom. The van der Waals surface area contributed by atoms with Crippen LogP contribution in [-0.2, 0) is 0 Å². The molecule has 0 heterocycles. The zero-order valence-corrected chi connectivity index (χ0v) is 10.5. The Kier molecular flexibility index (Phi) is 3.87. The van der Waals surface area contributed by atoms with E-state index in [2.05, 4.69) is 5.32 Å². The van der Waals surface area contributed by atoms with Crippen LogP contribution in [0.4, 0.5) is 0 Å². The minimum absolute atomic E-state index is 0.00560. The molecule has 0 aromatic heterocycles. The van der Waals surface area contributed by atoms with E-state index in [4.69, 9.17) is 5.11 Å². The Labute approximate surface area is 107 Å². The lowest BCUT2D eigenvalue weighted by Gasteiger charge is -2.17. The molecule has 1 aliphatic rings. The molecule has 0 aliphatic heterocycles. The van der Waals surface area contributed by atoms with E-state index < -0.39 is 0 Å². The Hall–Kier alpha value is -1.55. The van der Waals surface area contributed by atoms with Crippen LogP contribution >= 0.6 is 0 Å². The first-order valence-corrected chi connectivity index (χ1v) is 6.33. The highest BCUT2D eigenvalue weighted by atomic mass is 16.3. The normalized spacial score (nSPS) is 16.3. The van der Waals surface area contributed by atoms with Crippen molar-refractivity contribution in [3.8, 4) is 5.75 Å². The summed E-state index contributed by atoms with van der Waals surface area (Å²) in [5.74, 6) is 0.220. The fraction of sp³-hybridized carbons (Fsp3) is 0.500. The van der Waals surface area contributed by atoms with Crippen molar-refractivity contribution >= 4 is 5.91 Å². The molecule has 18 heavy (non-hydrogen) atoms. The van der Waals surface area contributed by atoms with Gasteiger partial charge in [0.05, 0.1) is 5.56 Å². The highest BCUT2D eigenvalue weighted by Crippen LogP contribution is 2.34. The average Bonchev–Trinajstić information content (AvgIpc) is 3.11. The van der Waals surface area contributed by atoms with E-state index >= 15 is 0 Å². The summed E-state index contributed by atoms with van der Waals surface area (Å²) in [7, 11) is 0. The Morgan fingerprint density at radius 3 is 2.78 bits per heavy atom. The van der Waals surface area contributed by atoms with Gasteiger partial charge in [-0.25, -0.2) is 0 Å². The van der Waals surface area contributed by atoms with Crippen molar-refractivity contribution in [1.82, 2.24) is 5.32 Å². The lowest BCUT2D eigenvalue weighted by atomic mass is 10.1. The standard InChI is InChI=1S/C14H19NO3/c1-9-2-5-11(13(17)8-9)14(18)15-12(6-7-16)10-3-4-10/h2,5,8,10,12,16-17H,3-4,6-7H2,1H3,(H,15,18). The lowest BCUT2D eigenvalue weighted by molar-refractivity contribution is 0.0921. The maximum atomic E-state index is 12.0. The third-order valence-electron chi connectivity index (χ3n) is 3.35. The number of nitrogens with one attached hydrogen (secondary N) is 1. The van der Waals surface area contributed by atoms with Gasteiger partial charge in [-0.05, 0) is 49.8 Å². The van der Waals surface area contributed by atoms with Crippen LogP contribution < -0.4 is 5.32 Å². The fourth-order valence-corrected chi connectivity index (χ4v) is 2.14. The van der Waals surface area contributed by atoms with Crippen molar-refractivity contribution in [1.29, 1.82) is 0 Å². The summed E-state index contributed by atoms with van der Waals surface area (Å²) in [5.41, 5.74) is 1.21. The molecule has 3 N–H and O–H groups in total. The molecule has 1 aromatic rings. The van der Waals surface area contributed by atoms with Gasteiger partial charge in [0.1, 0.15) is 5.75 Å². The number of hydrogen-bond acceptors (Lipinski definition) is 3. The first-order valence-electron chi connectivity index (χ1n) is 6.33. The van der Waals surface area contributed by atoms with Gasteiger partial charge in [0, 0.05) is 12.6 Å². The second-order valence-corrected chi connectivity index (χ2v) is 4.95. The largest absolute Gasteiger partial charge is 0.507 e. The van der Waals surface area contributed by atoms with Crippen LogP contribution in [0.15, 0.2) is 18.2 Å². The van der Waals surface area contributed by atoms with Crippen LogP contribution in [0.5, 0.6) is 5.75 Å². The van der Waals surface area contributed by atoms with E-state index in [9.17, 15) is 9.90 Å². The van der Waals surface area contributed by atoms with Crippen LogP contribution in [0.2, 0.25) is 0 Å². The summed E-state index contributed by atoms with van der Waals surface area (Å²) in [6.45, 7) is 1.93. The predicted octanol–water partition coefficient (Wildman–Crippen LogP) is 1.59. The van der Waals surface area contributed by atoms with Gasteiger partial charge in [0.25, 0.3) is 5.91 Å². The molecule has 1 fully saturated rings. The SMILES string of the molecule is Cc1ccc(C(=O)NC(CCO)C2CC2)c(O)c1. The average molecular weight is 249 g/mol. The molecule has 1 aromatic carbocycles. The highest BCUT2D eigenvalue weighted by molar-refractivity contribution is 5.97. The van der Waals surface area contributed by atoms with E-state index in [-0.39, 0.29) is 24.3 Å².